The molecule has 0 radical (unpaired) electrons. The SMILES string of the molecule is CNC(=O)c1sc2ncccc2c1C1CCN(C(=O)c2cccnc2C)CC1. The van der Waals surface area contributed by atoms with Gasteiger partial charge in [0, 0.05) is 43.6 Å². The minimum Gasteiger partial charge on any atom is -0.354 e. The normalized spacial score (nSPS) is 15.0. The van der Waals surface area contributed by atoms with E-state index in [0.29, 0.717) is 18.7 Å². The van der Waals surface area contributed by atoms with Crippen molar-refractivity contribution in [1.29, 1.82) is 0 Å². The van der Waals surface area contributed by atoms with Gasteiger partial charge in [-0.2, -0.15) is 0 Å². The number of carbonyl (C=O) groups is 2. The van der Waals surface area contributed by atoms with Crippen molar-refractivity contribution in [3.63, 3.8) is 0 Å². The summed E-state index contributed by atoms with van der Waals surface area (Å²) in [7, 11) is 1.65. The largest absolute Gasteiger partial charge is 0.354 e. The highest BCUT2D eigenvalue weighted by atomic mass is 32.1. The maximum absolute atomic E-state index is 12.9. The van der Waals surface area contributed by atoms with Crippen LogP contribution in [0, 0.1) is 6.92 Å². The molecule has 4 heterocycles. The van der Waals surface area contributed by atoms with Crippen molar-refractivity contribution in [2.75, 3.05) is 20.1 Å². The molecule has 0 saturated carbocycles. The van der Waals surface area contributed by atoms with Gasteiger partial charge in [0.2, 0.25) is 0 Å². The Morgan fingerprint density at radius 3 is 2.57 bits per heavy atom. The van der Waals surface area contributed by atoms with Gasteiger partial charge < -0.3 is 10.2 Å². The number of piperidine rings is 1. The number of fused-ring (bicyclic) bond motifs is 1. The first kappa shape index (κ1) is 18.6. The molecule has 1 aliphatic rings. The molecule has 0 spiro atoms. The summed E-state index contributed by atoms with van der Waals surface area (Å²) in [6.07, 6.45) is 5.12. The second-order valence-corrected chi connectivity index (χ2v) is 7.98. The molecule has 6 nitrogen and oxygen atoms in total. The van der Waals surface area contributed by atoms with Crippen molar-refractivity contribution in [1.82, 2.24) is 20.2 Å². The van der Waals surface area contributed by atoms with Crippen molar-refractivity contribution in [2.45, 2.75) is 25.7 Å². The molecule has 1 N–H and O–H groups in total. The molecule has 7 heteroatoms. The highest BCUT2D eigenvalue weighted by Gasteiger charge is 2.30. The highest BCUT2D eigenvalue weighted by Crippen LogP contribution is 2.40. The number of amides is 2. The van der Waals surface area contributed by atoms with Gasteiger partial charge in [-0.1, -0.05) is 6.07 Å². The van der Waals surface area contributed by atoms with Gasteiger partial charge in [0.05, 0.1) is 10.4 Å². The molecule has 1 fully saturated rings. The predicted molar refractivity (Wildman–Crippen MR) is 110 cm³/mol. The van der Waals surface area contributed by atoms with E-state index in [0.717, 1.165) is 39.2 Å². The van der Waals surface area contributed by atoms with Gasteiger partial charge in [-0.15, -0.1) is 11.3 Å². The predicted octanol–water partition coefficient (Wildman–Crippen LogP) is 3.38. The van der Waals surface area contributed by atoms with Gasteiger partial charge in [-0.05, 0) is 49.4 Å². The molecule has 1 aliphatic heterocycles. The molecule has 3 aromatic heterocycles. The highest BCUT2D eigenvalue weighted by molar-refractivity contribution is 7.20. The average molecular weight is 395 g/mol. The van der Waals surface area contributed by atoms with E-state index in [9.17, 15) is 9.59 Å². The van der Waals surface area contributed by atoms with Crippen LogP contribution < -0.4 is 5.32 Å². The van der Waals surface area contributed by atoms with Crippen LogP contribution >= 0.6 is 11.3 Å². The Kier molecular flexibility index (Phi) is 5.09. The zero-order valence-electron chi connectivity index (χ0n) is 15.9. The molecule has 0 atom stereocenters. The molecule has 0 aliphatic carbocycles. The molecule has 3 aromatic rings. The summed E-state index contributed by atoms with van der Waals surface area (Å²) in [5.41, 5.74) is 2.50. The minimum absolute atomic E-state index is 0.0346. The van der Waals surface area contributed by atoms with Gasteiger partial charge in [-0.3, -0.25) is 14.6 Å². The van der Waals surface area contributed by atoms with Crippen LogP contribution in [-0.2, 0) is 0 Å². The van der Waals surface area contributed by atoms with Gasteiger partial charge in [0.25, 0.3) is 11.8 Å². The molecule has 1 saturated heterocycles. The standard InChI is InChI=1S/C21H22N4O2S/c1-13-15(5-3-9-23-13)21(27)25-11-7-14(8-12-25)17-16-6-4-10-24-20(16)28-18(17)19(26)22-2/h3-6,9-10,14H,7-8,11-12H2,1-2H3,(H,22,26). The average Bonchev–Trinajstić information content (AvgIpc) is 3.13. The van der Waals surface area contributed by atoms with Gasteiger partial charge in [0.1, 0.15) is 4.83 Å². The van der Waals surface area contributed by atoms with Crippen molar-refractivity contribution >= 4 is 33.4 Å². The number of carbonyl (C=O) groups excluding carboxylic acids is 2. The number of likely N-dealkylation sites (tertiary alicyclic amines) is 1. The first-order valence-electron chi connectivity index (χ1n) is 9.40. The van der Waals surface area contributed by atoms with Crippen molar-refractivity contribution < 1.29 is 9.59 Å². The lowest BCUT2D eigenvalue weighted by atomic mass is 9.87. The van der Waals surface area contributed by atoms with E-state index in [-0.39, 0.29) is 17.7 Å². The first-order valence-corrected chi connectivity index (χ1v) is 10.2. The van der Waals surface area contributed by atoms with E-state index in [1.54, 1.807) is 25.5 Å². The van der Waals surface area contributed by atoms with Crippen molar-refractivity contribution in [2.24, 2.45) is 0 Å². The van der Waals surface area contributed by atoms with Crippen molar-refractivity contribution in [3.8, 4) is 0 Å². The summed E-state index contributed by atoms with van der Waals surface area (Å²) in [6, 6.07) is 7.58. The Labute approximate surface area is 167 Å². The summed E-state index contributed by atoms with van der Waals surface area (Å²) in [4.78, 5) is 37.5. The maximum atomic E-state index is 12.9. The van der Waals surface area contributed by atoms with E-state index in [2.05, 4.69) is 15.3 Å². The van der Waals surface area contributed by atoms with Gasteiger partial charge in [-0.25, -0.2) is 4.98 Å². The Morgan fingerprint density at radius 2 is 1.86 bits per heavy atom. The van der Waals surface area contributed by atoms with Crippen molar-refractivity contribution in [3.05, 3.63) is 58.4 Å². The van der Waals surface area contributed by atoms with E-state index in [4.69, 9.17) is 0 Å². The number of thiophene rings is 1. The second-order valence-electron chi connectivity index (χ2n) is 6.98. The Morgan fingerprint density at radius 1 is 1.14 bits per heavy atom. The molecule has 0 aromatic carbocycles. The zero-order valence-corrected chi connectivity index (χ0v) is 16.8. The topological polar surface area (TPSA) is 75.2 Å². The molecule has 4 rings (SSSR count). The Bertz CT molecular complexity index is 1040. The number of aryl methyl sites for hydroxylation is 1. The van der Waals surface area contributed by atoms with Crippen LogP contribution in [0.2, 0.25) is 0 Å². The number of rotatable bonds is 3. The summed E-state index contributed by atoms with van der Waals surface area (Å²) in [6.45, 7) is 3.20. The van der Waals surface area contributed by atoms with Crippen LogP contribution in [0.5, 0.6) is 0 Å². The van der Waals surface area contributed by atoms with Crippen LogP contribution in [0.4, 0.5) is 0 Å². The fourth-order valence-corrected chi connectivity index (χ4v) is 5.07. The summed E-state index contributed by atoms with van der Waals surface area (Å²) < 4.78 is 0. The van der Waals surface area contributed by atoms with Crippen LogP contribution in [0.25, 0.3) is 10.2 Å². The van der Waals surface area contributed by atoms with E-state index in [1.165, 1.54) is 11.3 Å². The number of nitrogens with zero attached hydrogens (tertiary/aromatic N) is 3. The lowest BCUT2D eigenvalue weighted by Crippen LogP contribution is -2.38. The molecule has 144 valence electrons. The number of pyridine rings is 2. The minimum atomic E-state index is -0.0671. The van der Waals surface area contributed by atoms with Gasteiger partial charge in [0.15, 0.2) is 0 Å². The number of hydrogen-bond donors (Lipinski definition) is 1. The quantitative estimate of drug-likeness (QED) is 0.739. The fourth-order valence-electron chi connectivity index (χ4n) is 3.89. The van der Waals surface area contributed by atoms with Crippen LogP contribution in [0.3, 0.4) is 0 Å². The number of hydrogen-bond acceptors (Lipinski definition) is 5. The monoisotopic (exact) mass is 394 g/mol. The lowest BCUT2D eigenvalue weighted by molar-refractivity contribution is 0.0711. The van der Waals surface area contributed by atoms with Crippen LogP contribution in [0.15, 0.2) is 36.7 Å². The molecular weight excluding hydrogens is 372 g/mol. The fraction of sp³-hybridized carbons (Fsp3) is 0.333. The summed E-state index contributed by atoms with van der Waals surface area (Å²) in [5, 5.41) is 3.80. The van der Waals surface area contributed by atoms with Crippen LogP contribution in [-0.4, -0.2) is 46.8 Å². The third-order valence-electron chi connectivity index (χ3n) is 5.37. The smallest absolute Gasteiger partial charge is 0.261 e. The lowest BCUT2D eigenvalue weighted by Gasteiger charge is -2.32. The zero-order chi connectivity index (χ0) is 19.7. The second kappa shape index (κ2) is 7.67. The number of aromatic nitrogens is 2. The van der Waals surface area contributed by atoms with E-state index >= 15 is 0 Å². The Hall–Kier alpha value is -2.80. The molecule has 0 bridgehead atoms. The van der Waals surface area contributed by atoms with Gasteiger partial charge >= 0.3 is 0 Å². The summed E-state index contributed by atoms with van der Waals surface area (Å²) in [5.74, 6) is 0.208. The number of nitrogens with one attached hydrogen (secondary N) is 1. The Balaban J connectivity index is 1.58. The first-order chi connectivity index (χ1) is 13.6. The molecule has 28 heavy (non-hydrogen) atoms. The molecular formula is C21H22N4O2S. The van der Waals surface area contributed by atoms with Crippen LogP contribution in [0.1, 0.15) is 50.0 Å². The summed E-state index contributed by atoms with van der Waals surface area (Å²) >= 11 is 1.44. The van der Waals surface area contributed by atoms with E-state index < -0.39 is 0 Å². The van der Waals surface area contributed by atoms with E-state index in [1.807, 2.05) is 30.0 Å². The third kappa shape index (κ3) is 3.26. The maximum Gasteiger partial charge on any atom is 0.261 e. The third-order valence-corrected chi connectivity index (χ3v) is 6.49. The molecule has 2 amide bonds. The molecule has 0 unspecified atom stereocenters.